The summed E-state index contributed by atoms with van der Waals surface area (Å²) in [6.45, 7) is 11.8. The molecule has 1 aromatic carbocycles. The lowest BCUT2D eigenvalue weighted by molar-refractivity contribution is -0.384. The summed E-state index contributed by atoms with van der Waals surface area (Å²) in [5, 5.41) is 12.0. The molecule has 1 aliphatic rings. The maximum atomic E-state index is 11.0. The molecule has 1 heterocycles. The third-order valence-corrected chi connectivity index (χ3v) is 5.15. The number of benzene rings is 1. The molecule has 0 spiro atoms. The molecule has 0 bridgehead atoms. The third-order valence-electron chi connectivity index (χ3n) is 4.02. The summed E-state index contributed by atoms with van der Waals surface area (Å²) in [4.78, 5) is 17.9. The second-order valence-corrected chi connectivity index (χ2v) is 8.25. The van der Waals surface area contributed by atoms with Crippen molar-refractivity contribution in [3.8, 4) is 0 Å². The molecule has 2 rings (SSSR count). The van der Waals surface area contributed by atoms with Crippen molar-refractivity contribution >= 4 is 28.3 Å². The Morgan fingerprint density at radius 2 is 2.04 bits per heavy atom. The van der Waals surface area contributed by atoms with E-state index in [0.717, 1.165) is 29.4 Å². The summed E-state index contributed by atoms with van der Waals surface area (Å²) in [5.41, 5.74) is 1.76. The zero-order chi connectivity index (χ0) is 17.9. The first-order valence-corrected chi connectivity index (χ1v) is 9.49. The molecule has 0 aromatic heterocycles. The Hall–Kier alpha value is -1.56. The first-order valence-electron chi connectivity index (χ1n) is 8.51. The minimum Gasteiger partial charge on any atom is -0.347 e. The van der Waals surface area contributed by atoms with Gasteiger partial charge in [-0.15, -0.1) is 0 Å². The van der Waals surface area contributed by atoms with Gasteiger partial charge in [-0.1, -0.05) is 45.5 Å². The van der Waals surface area contributed by atoms with Gasteiger partial charge < -0.3 is 4.90 Å². The molecule has 1 aromatic rings. The van der Waals surface area contributed by atoms with Crippen LogP contribution in [0.5, 0.6) is 0 Å². The van der Waals surface area contributed by atoms with E-state index in [2.05, 4.69) is 32.6 Å². The number of nitro groups is 1. The van der Waals surface area contributed by atoms with E-state index in [0.29, 0.717) is 23.6 Å². The normalized spacial score (nSPS) is 19.7. The lowest BCUT2D eigenvalue weighted by Gasteiger charge is -2.28. The number of amidine groups is 1. The lowest BCUT2D eigenvalue weighted by atomic mass is 10.0. The molecule has 1 fully saturated rings. The minimum atomic E-state index is -0.363. The largest absolute Gasteiger partial charge is 0.347 e. The molecular formula is C18H27N3O2S. The van der Waals surface area contributed by atoms with E-state index < -0.39 is 0 Å². The van der Waals surface area contributed by atoms with Gasteiger partial charge in [-0.05, 0) is 30.7 Å². The molecule has 0 radical (unpaired) electrons. The first kappa shape index (κ1) is 18.8. The highest BCUT2D eigenvalue weighted by atomic mass is 32.2. The number of hydrogen-bond donors (Lipinski definition) is 0. The SMILES string of the molecule is Cc1ccc([N+](=O)[O-])cc1N=C1SCC(CC(C)C)N1CC(C)C. The van der Waals surface area contributed by atoms with Crippen molar-refractivity contribution in [2.45, 2.75) is 47.1 Å². The molecule has 1 unspecified atom stereocenters. The standard InChI is InChI=1S/C18H27N3O2S/c1-12(2)8-16-11-24-18(20(16)10-13(3)4)19-17-9-15(21(22)23)7-6-14(17)5/h6-7,9,12-13,16H,8,10-11H2,1-5H3. The van der Waals surface area contributed by atoms with Crippen LogP contribution in [0.15, 0.2) is 23.2 Å². The monoisotopic (exact) mass is 349 g/mol. The van der Waals surface area contributed by atoms with Crippen molar-refractivity contribution in [1.29, 1.82) is 0 Å². The number of non-ortho nitro benzene ring substituents is 1. The van der Waals surface area contributed by atoms with E-state index in [1.807, 2.05) is 6.92 Å². The van der Waals surface area contributed by atoms with E-state index in [-0.39, 0.29) is 10.6 Å². The van der Waals surface area contributed by atoms with Crippen LogP contribution in [-0.4, -0.2) is 33.3 Å². The van der Waals surface area contributed by atoms with Crippen molar-refractivity contribution in [2.24, 2.45) is 16.8 Å². The van der Waals surface area contributed by atoms with Crippen molar-refractivity contribution in [3.63, 3.8) is 0 Å². The summed E-state index contributed by atoms with van der Waals surface area (Å²) in [6.07, 6.45) is 1.15. The predicted molar refractivity (Wildman–Crippen MR) is 102 cm³/mol. The van der Waals surface area contributed by atoms with Crippen LogP contribution in [0.3, 0.4) is 0 Å². The minimum absolute atomic E-state index is 0.0945. The number of nitrogens with zero attached hydrogens (tertiary/aromatic N) is 3. The van der Waals surface area contributed by atoms with Crippen LogP contribution >= 0.6 is 11.8 Å². The molecular weight excluding hydrogens is 322 g/mol. The van der Waals surface area contributed by atoms with Crippen LogP contribution in [0.25, 0.3) is 0 Å². The average molecular weight is 350 g/mol. The number of aryl methyl sites for hydroxylation is 1. The Morgan fingerprint density at radius 1 is 1.33 bits per heavy atom. The molecule has 6 heteroatoms. The highest BCUT2D eigenvalue weighted by Crippen LogP contribution is 2.33. The smallest absolute Gasteiger partial charge is 0.271 e. The number of rotatable bonds is 6. The second kappa shape index (κ2) is 8.01. The molecule has 0 saturated carbocycles. The number of thioether (sulfide) groups is 1. The van der Waals surface area contributed by atoms with Crippen LogP contribution in [0, 0.1) is 28.9 Å². The van der Waals surface area contributed by atoms with Crippen LogP contribution in [0.4, 0.5) is 11.4 Å². The number of nitro benzene ring substituents is 1. The molecule has 0 aliphatic carbocycles. The first-order chi connectivity index (χ1) is 11.3. The van der Waals surface area contributed by atoms with Gasteiger partial charge in [0.05, 0.1) is 10.6 Å². The molecule has 1 atom stereocenters. The van der Waals surface area contributed by atoms with Gasteiger partial charge >= 0.3 is 0 Å². The maximum absolute atomic E-state index is 11.0. The Kier molecular flexibility index (Phi) is 6.27. The van der Waals surface area contributed by atoms with Crippen molar-refractivity contribution in [1.82, 2.24) is 4.90 Å². The molecule has 0 amide bonds. The van der Waals surface area contributed by atoms with Gasteiger partial charge in [0.2, 0.25) is 0 Å². The summed E-state index contributed by atoms with van der Waals surface area (Å²) in [6, 6.07) is 5.38. The number of aliphatic imine (C=N–C) groups is 1. The fourth-order valence-electron chi connectivity index (χ4n) is 2.89. The van der Waals surface area contributed by atoms with E-state index in [9.17, 15) is 10.1 Å². The van der Waals surface area contributed by atoms with E-state index in [1.54, 1.807) is 23.9 Å². The van der Waals surface area contributed by atoms with Crippen LogP contribution in [-0.2, 0) is 0 Å². The van der Waals surface area contributed by atoms with Crippen LogP contribution in [0.2, 0.25) is 0 Å². The number of hydrogen-bond acceptors (Lipinski definition) is 4. The van der Waals surface area contributed by atoms with E-state index >= 15 is 0 Å². The van der Waals surface area contributed by atoms with Crippen LogP contribution < -0.4 is 0 Å². The highest BCUT2D eigenvalue weighted by Gasteiger charge is 2.31. The quantitative estimate of drug-likeness (QED) is 0.535. The van der Waals surface area contributed by atoms with Gasteiger partial charge in [0.1, 0.15) is 0 Å². The Labute approximate surface area is 148 Å². The van der Waals surface area contributed by atoms with Gasteiger partial charge in [-0.3, -0.25) is 10.1 Å². The lowest BCUT2D eigenvalue weighted by Crippen LogP contribution is -2.37. The fraction of sp³-hybridized carbons (Fsp3) is 0.611. The summed E-state index contributed by atoms with van der Waals surface area (Å²) in [7, 11) is 0. The van der Waals surface area contributed by atoms with Gasteiger partial charge in [0.15, 0.2) is 5.17 Å². The Balaban J connectivity index is 2.32. The van der Waals surface area contributed by atoms with Crippen LogP contribution in [0.1, 0.15) is 39.7 Å². The Morgan fingerprint density at radius 3 is 2.62 bits per heavy atom. The molecule has 5 nitrogen and oxygen atoms in total. The van der Waals surface area contributed by atoms with E-state index in [4.69, 9.17) is 4.99 Å². The summed E-state index contributed by atoms with van der Waals surface area (Å²) in [5.74, 6) is 2.23. The Bertz CT molecular complexity index is 629. The predicted octanol–water partition coefficient (Wildman–Crippen LogP) is 5.01. The highest BCUT2D eigenvalue weighted by molar-refractivity contribution is 8.14. The van der Waals surface area contributed by atoms with Gasteiger partial charge in [-0.2, -0.15) is 0 Å². The zero-order valence-electron chi connectivity index (χ0n) is 15.2. The van der Waals surface area contributed by atoms with Gasteiger partial charge in [-0.25, -0.2) is 4.99 Å². The molecule has 0 N–H and O–H groups in total. The molecule has 1 saturated heterocycles. The fourth-order valence-corrected chi connectivity index (χ4v) is 4.10. The van der Waals surface area contributed by atoms with Crippen molar-refractivity contribution in [2.75, 3.05) is 12.3 Å². The van der Waals surface area contributed by atoms with E-state index in [1.165, 1.54) is 6.07 Å². The molecule has 24 heavy (non-hydrogen) atoms. The van der Waals surface area contributed by atoms with Crippen molar-refractivity contribution in [3.05, 3.63) is 33.9 Å². The van der Waals surface area contributed by atoms with Gasteiger partial charge in [0.25, 0.3) is 5.69 Å². The van der Waals surface area contributed by atoms with Crippen molar-refractivity contribution < 1.29 is 4.92 Å². The second-order valence-electron chi connectivity index (χ2n) is 7.26. The van der Waals surface area contributed by atoms with Gasteiger partial charge in [0, 0.05) is 30.5 Å². The summed E-state index contributed by atoms with van der Waals surface area (Å²) < 4.78 is 0. The molecule has 1 aliphatic heterocycles. The summed E-state index contributed by atoms with van der Waals surface area (Å²) >= 11 is 1.77. The topological polar surface area (TPSA) is 58.7 Å². The zero-order valence-corrected chi connectivity index (χ0v) is 16.0. The molecule has 132 valence electrons. The average Bonchev–Trinajstić information content (AvgIpc) is 2.82. The maximum Gasteiger partial charge on any atom is 0.271 e. The third kappa shape index (κ3) is 4.72.